The predicted octanol–water partition coefficient (Wildman–Crippen LogP) is 3.27. The molecule has 0 unspecified atom stereocenters. The molecule has 3 saturated carbocycles. The fourth-order valence-corrected chi connectivity index (χ4v) is 5.98. The number of hydrogen-bond donors (Lipinski definition) is 3. The van der Waals surface area contributed by atoms with Crippen LogP contribution >= 0.6 is 0 Å². The van der Waals surface area contributed by atoms with Crippen molar-refractivity contribution >= 4 is 23.5 Å². The van der Waals surface area contributed by atoms with Crippen molar-refractivity contribution in [2.24, 2.45) is 13.0 Å². The zero-order valence-electron chi connectivity index (χ0n) is 21.2. The van der Waals surface area contributed by atoms with Gasteiger partial charge in [0, 0.05) is 31.0 Å². The molecule has 4 aromatic heterocycles. The Morgan fingerprint density at radius 1 is 1.32 bits per heavy atom. The number of anilines is 2. The predicted molar refractivity (Wildman–Crippen MR) is 134 cm³/mol. The minimum Gasteiger partial charge on any atom is -0.441 e. The SMILES string of the molecule is Cc1cnn(C)c1-c1c(C)nc(Nc2cc([C@H]3OC[C@@H](OC(=O)NC45CC(C4)C5)[C@H]3F)[nH]n2)n2ccnc12. The molecule has 198 valence electrons. The van der Waals surface area contributed by atoms with E-state index >= 15 is 4.39 Å². The molecule has 38 heavy (non-hydrogen) atoms. The summed E-state index contributed by atoms with van der Waals surface area (Å²) in [7, 11) is 1.89. The first-order chi connectivity index (χ1) is 18.3. The number of carbonyl (C=O) groups is 1. The lowest BCUT2D eigenvalue weighted by molar-refractivity contribution is -0.0528. The average Bonchev–Trinajstić information content (AvgIpc) is 3.61. The molecule has 4 aliphatic rings. The molecule has 4 aromatic rings. The van der Waals surface area contributed by atoms with E-state index in [0.29, 0.717) is 17.5 Å². The van der Waals surface area contributed by atoms with Crippen LogP contribution in [0.5, 0.6) is 0 Å². The van der Waals surface area contributed by atoms with Crippen LogP contribution in [0.15, 0.2) is 24.7 Å². The Labute approximate surface area is 216 Å². The van der Waals surface area contributed by atoms with E-state index in [9.17, 15) is 4.79 Å². The third-order valence-corrected chi connectivity index (χ3v) is 7.98. The van der Waals surface area contributed by atoms with E-state index in [-0.39, 0.29) is 12.1 Å². The lowest BCUT2D eigenvalue weighted by Crippen LogP contribution is -2.68. The number of amides is 1. The molecular formula is C25H28FN9O3. The topological polar surface area (TPSA) is 136 Å². The van der Waals surface area contributed by atoms with Crippen molar-refractivity contribution < 1.29 is 18.7 Å². The Hall–Kier alpha value is -4.00. The summed E-state index contributed by atoms with van der Waals surface area (Å²) >= 11 is 0. The lowest BCUT2D eigenvalue weighted by Gasteiger charge is -2.61. The van der Waals surface area contributed by atoms with Crippen LogP contribution in [0.2, 0.25) is 0 Å². The molecule has 3 aliphatic carbocycles. The van der Waals surface area contributed by atoms with Crippen molar-refractivity contribution in [3.63, 3.8) is 0 Å². The van der Waals surface area contributed by atoms with E-state index in [1.54, 1.807) is 12.3 Å². The summed E-state index contributed by atoms with van der Waals surface area (Å²) in [5.41, 5.74) is 4.67. The normalized spacial score (nSPS) is 27.7. The number of fused-ring (bicyclic) bond motifs is 1. The van der Waals surface area contributed by atoms with Crippen molar-refractivity contribution in [2.75, 3.05) is 11.9 Å². The molecule has 1 saturated heterocycles. The Kier molecular flexibility index (Phi) is 5.02. The van der Waals surface area contributed by atoms with Gasteiger partial charge in [-0.05, 0) is 44.6 Å². The molecule has 3 atom stereocenters. The monoisotopic (exact) mass is 521 g/mol. The van der Waals surface area contributed by atoms with Gasteiger partial charge in [0.15, 0.2) is 23.7 Å². The number of nitrogens with zero attached hydrogens (tertiary/aromatic N) is 6. The van der Waals surface area contributed by atoms with Gasteiger partial charge >= 0.3 is 6.09 Å². The molecule has 13 heteroatoms. The number of alkyl carbamates (subject to hydrolysis) is 1. The third-order valence-electron chi connectivity index (χ3n) is 7.98. The van der Waals surface area contributed by atoms with Crippen molar-refractivity contribution in [3.8, 4) is 11.3 Å². The van der Waals surface area contributed by atoms with Crippen LogP contribution < -0.4 is 10.6 Å². The van der Waals surface area contributed by atoms with Gasteiger partial charge in [0.1, 0.15) is 6.10 Å². The minimum atomic E-state index is -1.52. The number of carbonyl (C=O) groups excluding carboxylic acids is 1. The highest BCUT2D eigenvalue weighted by Gasteiger charge is 2.58. The second-order valence-electron chi connectivity index (χ2n) is 10.7. The highest BCUT2D eigenvalue weighted by molar-refractivity contribution is 5.80. The van der Waals surface area contributed by atoms with Crippen LogP contribution in [-0.4, -0.2) is 64.9 Å². The molecule has 4 fully saturated rings. The molecule has 2 bridgehead atoms. The quantitative estimate of drug-likeness (QED) is 0.352. The number of halogens is 1. The van der Waals surface area contributed by atoms with Gasteiger partial charge in [-0.2, -0.15) is 10.2 Å². The van der Waals surface area contributed by atoms with Gasteiger partial charge in [0.05, 0.1) is 35.4 Å². The van der Waals surface area contributed by atoms with E-state index in [1.165, 1.54) is 0 Å². The minimum absolute atomic E-state index is 0.0258. The number of imidazole rings is 1. The number of alkyl halides is 1. The summed E-state index contributed by atoms with van der Waals surface area (Å²) in [6, 6.07) is 1.67. The number of ether oxygens (including phenoxy) is 2. The lowest BCUT2D eigenvalue weighted by atomic mass is 9.50. The first-order valence-corrected chi connectivity index (χ1v) is 12.7. The number of aromatic amines is 1. The zero-order chi connectivity index (χ0) is 26.2. The Bertz CT molecular complexity index is 1520. The molecular weight excluding hydrogens is 493 g/mol. The summed E-state index contributed by atoms with van der Waals surface area (Å²) in [5, 5.41) is 17.6. The highest BCUT2D eigenvalue weighted by atomic mass is 19.1. The number of aromatic nitrogens is 7. The Morgan fingerprint density at radius 3 is 2.84 bits per heavy atom. The number of hydrogen-bond acceptors (Lipinski definition) is 8. The Morgan fingerprint density at radius 2 is 2.13 bits per heavy atom. The maximum Gasteiger partial charge on any atom is 0.408 e. The van der Waals surface area contributed by atoms with Gasteiger partial charge in [0.25, 0.3) is 0 Å². The molecule has 0 radical (unpaired) electrons. The van der Waals surface area contributed by atoms with E-state index in [2.05, 4.69) is 30.9 Å². The molecule has 0 aromatic carbocycles. The summed E-state index contributed by atoms with van der Waals surface area (Å²) < 4.78 is 29.9. The number of aryl methyl sites for hydroxylation is 3. The van der Waals surface area contributed by atoms with Gasteiger partial charge in [-0.25, -0.2) is 19.2 Å². The molecule has 0 spiro atoms. The molecule has 3 N–H and O–H groups in total. The van der Waals surface area contributed by atoms with Gasteiger partial charge in [-0.3, -0.25) is 14.2 Å². The van der Waals surface area contributed by atoms with Gasteiger partial charge in [-0.15, -0.1) is 0 Å². The zero-order valence-corrected chi connectivity index (χ0v) is 21.2. The van der Waals surface area contributed by atoms with Crippen LogP contribution in [-0.2, 0) is 16.5 Å². The maximum atomic E-state index is 15.2. The van der Waals surface area contributed by atoms with Crippen LogP contribution in [0.3, 0.4) is 0 Å². The molecule has 8 rings (SSSR count). The van der Waals surface area contributed by atoms with Crippen LogP contribution in [0.25, 0.3) is 16.9 Å². The van der Waals surface area contributed by atoms with Crippen LogP contribution in [0.4, 0.5) is 21.0 Å². The summed E-state index contributed by atoms with van der Waals surface area (Å²) in [6.45, 7) is 3.89. The first kappa shape index (κ1) is 23.1. The number of rotatable bonds is 6. The molecule has 5 heterocycles. The molecule has 1 amide bonds. The van der Waals surface area contributed by atoms with Crippen molar-refractivity contribution in [1.29, 1.82) is 0 Å². The van der Waals surface area contributed by atoms with E-state index < -0.39 is 24.5 Å². The number of H-pyrrole nitrogens is 1. The fourth-order valence-electron chi connectivity index (χ4n) is 5.98. The van der Waals surface area contributed by atoms with Gasteiger partial charge in [-0.1, -0.05) is 0 Å². The van der Waals surface area contributed by atoms with Gasteiger partial charge < -0.3 is 20.1 Å². The van der Waals surface area contributed by atoms with Gasteiger partial charge in [0.2, 0.25) is 5.95 Å². The average molecular weight is 522 g/mol. The maximum absolute atomic E-state index is 15.2. The molecule has 12 nitrogen and oxygen atoms in total. The second kappa shape index (κ2) is 8.25. The molecule has 1 aliphatic heterocycles. The first-order valence-electron chi connectivity index (χ1n) is 12.7. The third kappa shape index (κ3) is 3.56. The smallest absolute Gasteiger partial charge is 0.408 e. The van der Waals surface area contributed by atoms with Crippen LogP contribution in [0, 0.1) is 19.8 Å². The summed E-state index contributed by atoms with van der Waals surface area (Å²) in [5.74, 6) is 1.67. The summed E-state index contributed by atoms with van der Waals surface area (Å²) in [6.07, 6.45) is 4.27. The summed E-state index contributed by atoms with van der Waals surface area (Å²) in [4.78, 5) is 21.6. The van der Waals surface area contributed by atoms with E-state index in [1.807, 2.05) is 42.4 Å². The fraction of sp³-hybridized carbons (Fsp3) is 0.480. The van der Waals surface area contributed by atoms with Crippen molar-refractivity contribution in [2.45, 2.75) is 57.0 Å². The van der Waals surface area contributed by atoms with E-state index in [0.717, 1.165) is 53.3 Å². The largest absolute Gasteiger partial charge is 0.441 e. The van der Waals surface area contributed by atoms with E-state index in [4.69, 9.17) is 14.5 Å². The standard InChI is InChI=1S/C25H28FN9O3/c1-12-10-28-34(3)20(12)18-13(2)29-23(35-5-4-27-22(18)35)30-17-6-15(32-33-17)21-19(26)16(11-37-21)38-24(36)31-25-7-14(8-25)9-25/h4-6,10,14,16,19,21H,7-9,11H2,1-3H3,(H,31,36)(H2,29,30,32,33)/t14?,16-,19-,21-,25?/m1/s1. The Balaban J connectivity index is 1.07. The second-order valence-corrected chi connectivity index (χ2v) is 10.7. The highest BCUT2D eigenvalue weighted by Crippen LogP contribution is 2.57. The van der Waals surface area contributed by atoms with Crippen LogP contribution in [0.1, 0.15) is 42.3 Å². The number of nitrogens with one attached hydrogen (secondary N) is 3. The van der Waals surface area contributed by atoms with Crippen molar-refractivity contribution in [3.05, 3.63) is 41.6 Å². The van der Waals surface area contributed by atoms with Crippen molar-refractivity contribution in [1.82, 2.24) is 39.7 Å².